The Morgan fingerprint density at radius 3 is 2.44 bits per heavy atom. The topological polar surface area (TPSA) is 83.8 Å². The van der Waals surface area contributed by atoms with E-state index in [1.165, 1.54) is 27.5 Å². The minimum absolute atomic E-state index is 0.0159. The standard InChI is InChI=1S/C26H27N3O4S/c1-16-8-11-20(14-17(16)2)28-24(30)23-21-6-4-3-5-7-22(21)34-25(23)27(26(28)31)15-18-9-12-19(13-10-18)29(32)33/h8-14,23,25H,3-7,15H2,1-2H3. The van der Waals surface area contributed by atoms with Gasteiger partial charge in [0.25, 0.3) is 5.69 Å². The van der Waals surface area contributed by atoms with Crippen molar-refractivity contribution in [1.29, 1.82) is 0 Å². The SMILES string of the molecule is Cc1ccc(N2C(=O)C3C4=C(CCCCC4)SC3N(Cc3ccc([N+](=O)[O-])cc3)C2=O)cc1C. The van der Waals surface area contributed by atoms with Gasteiger partial charge < -0.3 is 4.90 Å². The van der Waals surface area contributed by atoms with Crippen LogP contribution in [0.15, 0.2) is 52.9 Å². The zero-order chi connectivity index (χ0) is 24.0. The Morgan fingerprint density at radius 2 is 1.74 bits per heavy atom. The van der Waals surface area contributed by atoms with E-state index in [0.717, 1.165) is 48.8 Å². The van der Waals surface area contributed by atoms with Crippen LogP contribution in [0.4, 0.5) is 16.2 Å². The van der Waals surface area contributed by atoms with Crippen LogP contribution in [-0.2, 0) is 11.3 Å². The number of fused-ring (bicyclic) bond motifs is 2. The number of amides is 3. The number of imide groups is 1. The van der Waals surface area contributed by atoms with Crippen molar-refractivity contribution in [3.05, 3.63) is 79.7 Å². The summed E-state index contributed by atoms with van der Waals surface area (Å²) in [6, 6.07) is 11.7. The normalized spacial score (nSPS) is 22.5. The van der Waals surface area contributed by atoms with Gasteiger partial charge in [0.1, 0.15) is 0 Å². The molecule has 0 saturated carbocycles. The molecular weight excluding hydrogens is 450 g/mol. The van der Waals surface area contributed by atoms with Crippen LogP contribution >= 0.6 is 11.8 Å². The average Bonchev–Trinajstić information content (AvgIpc) is 3.02. The molecule has 1 fully saturated rings. The Labute approximate surface area is 203 Å². The highest BCUT2D eigenvalue weighted by molar-refractivity contribution is 8.04. The highest BCUT2D eigenvalue weighted by Gasteiger charge is 2.52. The van der Waals surface area contributed by atoms with Crippen molar-refractivity contribution in [2.24, 2.45) is 5.92 Å². The van der Waals surface area contributed by atoms with Crippen LogP contribution in [0, 0.1) is 29.9 Å². The molecule has 0 radical (unpaired) electrons. The van der Waals surface area contributed by atoms with Crippen molar-refractivity contribution < 1.29 is 14.5 Å². The quantitative estimate of drug-likeness (QED) is 0.393. The third-order valence-electron chi connectivity index (χ3n) is 7.11. The first-order chi connectivity index (χ1) is 16.3. The predicted octanol–water partition coefficient (Wildman–Crippen LogP) is 6.09. The minimum atomic E-state index is -0.431. The van der Waals surface area contributed by atoms with Gasteiger partial charge >= 0.3 is 6.03 Å². The molecule has 0 spiro atoms. The Bertz CT molecular complexity index is 1210. The van der Waals surface area contributed by atoms with Crippen molar-refractivity contribution in [1.82, 2.24) is 4.90 Å². The number of carbonyl (C=O) groups excluding carboxylic acids is 2. The zero-order valence-corrected chi connectivity index (χ0v) is 20.1. The molecule has 0 N–H and O–H groups in total. The van der Waals surface area contributed by atoms with Gasteiger partial charge in [0, 0.05) is 18.7 Å². The molecule has 2 atom stereocenters. The predicted molar refractivity (Wildman–Crippen MR) is 132 cm³/mol. The molecule has 176 valence electrons. The third kappa shape index (κ3) is 3.90. The number of anilines is 1. The molecule has 3 aliphatic rings. The summed E-state index contributed by atoms with van der Waals surface area (Å²) in [7, 11) is 0. The van der Waals surface area contributed by atoms with Crippen LogP contribution in [0.25, 0.3) is 0 Å². The number of hydrogen-bond donors (Lipinski definition) is 0. The lowest BCUT2D eigenvalue weighted by atomic mass is 9.90. The van der Waals surface area contributed by atoms with Crippen LogP contribution < -0.4 is 4.90 Å². The second-order valence-corrected chi connectivity index (χ2v) is 10.5. The Hall–Kier alpha value is -3.13. The number of allylic oxidation sites excluding steroid dienone is 1. The molecule has 3 amide bonds. The number of urea groups is 1. The van der Waals surface area contributed by atoms with Gasteiger partial charge in [-0.15, -0.1) is 11.8 Å². The van der Waals surface area contributed by atoms with Gasteiger partial charge in [0.2, 0.25) is 5.91 Å². The first-order valence-corrected chi connectivity index (χ1v) is 12.6. The molecule has 0 aromatic heterocycles. The Kier molecular flexibility index (Phi) is 5.93. The summed E-state index contributed by atoms with van der Waals surface area (Å²) >= 11 is 1.67. The van der Waals surface area contributed by atoms with Crippen LogP contribution in [0.1, 0.15) is 48.8 Å². The number of nitrogens with zero attached hydrogens (tertiary/aromatic N) is 3. The van der Waals surface area contributed by atoms with Crippen LogP contribution in [-0.4, -0.2) is 27.1 Å². The Balaban J connectivity index is 1.54. The van der Waals surface area contributed by atoms with E-state index in [1.807, 2.05) is 32.0 Å². The summed E-state index contributed by atoms with van der Waals surface area (Å²) in [5, 5.41) is 10.8. The van der Waals surface area contributed by atoms with Gasteiger partial charge in [-0.05, 0) is 78.8 Å². The van der Waals surface area contributed by atoms with E-state index >= 15 is 0 Å². The third-order valence-corrected chi connectivity index (χ3v) is 8.63. The van der Waals surface area contributed by atoms with Gasteiger partial charge in [-0.3, -0.25) is 14.9 Å². The largest absolute Gasteiger partial charge is 0.332 e. The minimum Gasteiger partial charge on any atom is -0.306 e. The maximum atomic E-state index is 13.9. The molecule has 2 aliphatic heterocycles. The van der Waals surface area contributed by atoms with E-state index in [1.54, 1.807) is 28.8 Å². The number of hydrogen-bond acceptors (Lipinski definition) is 5. The van der Waals surface area contributed by atoms with E-state index in [9.17, 15) is 19.7 Å². The number of aryl methyl sites for hydroxylation is 2. The van der Waals surface area contributed by atoms with Crippen LogP contribution in [0.2, 0.25) is 0 Å². The number of benzene rings is 2. The van der Waals surface area contributed by atoms with Gasteiger partial charge in [0.15, 0.2) is 0 Å². The monoisotopic (exact) mass is 477 g/mol. The van der Waals surface area contributed by atoms with Crippen molar-refractivity contribution in [2.75, 3.05) is 4.90 Å². The molecule has 8 heteroatoms. The van der Waals surface area contributed by atoms with Crippen molar-refractivity contribution >= 4 is 35.1 Å². The number of nitro groups is 1. The smallest absolute Gasteiger partial charge is 0.306 e. The molecule has 1 saturated heterocycles. The molecule has 0 bridgehead atoms. The fourth-order valence-electron chi connectivity index (χ4n) is 5.09. The molecule has 2 heterocycles. The van der Waals surface area contributed by atoms with Gasteiger partial charge in [0.05, 0.1) is 21.9 Å². The summed E-state index contributed by atoms with van der Waals surface area (Å²) in [4.78, 5) is 42.7. The van der Waals surface area contributed by atoms with E-state index in [-0.39, 0.29) is 28.9 Å². The summed E-state index contributed by atoms with van der Waals surface area (Å²) < 4.78 is 0. The first-order valence-electron chi connectivity index (χ1n) is 11.7. The van der Waals surface area contributed by atoms with E-state index in [2.05, 4.69) is 0 Å². The summed E-state index contributed by atoms with van der Waals surface area (Å²) in [5.74, 6) is -0.493. The zero-order valence-electron chi connectivity index (χ0n) is 19.3. The molecule has 34 heavy (non-hydrogen) atoms. The van der Waals surface area contributed by atoms with E-state index in [4.69, 9.17) is 0 Å². The Morgan fingerprint density at radius 1 is 1.00 bits per heavy atom. The van der Waals surface area contributed by atoms with Crippen molar-refractivity contribution in [3.8, 4) is 0 Å². The number of carbonyl (C=O) groups is 2. The number of rotatable bonds is 4. The van der Waals surface area contributed by atoms with Gasteiger partial charge in [-0.25, -0.2) is 9.69 Å². The van der Waals surface area contributed by atoms with Gasteiger partial charge in [-0.2, -0.15) is 0 Å². The lowest BCUT2D eigenvalue weighted by Gasteiger charge is -2.42. The van der Waals surface area contributed by atoms with Crippen molar-refractivity contribution in [3.63, 3.8) is 0 Å². The fourth-order valence-corrected chi connectivity index (χ4v) is 6.73. The maximum Gasteiger partial charge on any atom is 0.332 e. The number of non-ortho nitro benzene ring substituents is 1. The van der Waals surface area contributed by atoms with Crippen molar-refractivity contribution in [2.45, 2.75) is 57.9 Å². The second kappa shape index (κ2) is 8.91. The lowest BCUT2D eigenvalue weighted by Crippen LogP contribution is -2.60. The number of nitro benzene ring substituents is 1. The molecule has 7 nitrogen and oxygen atoms in total. The highest BCUT2D eigenvalue weighted by Crippen LogP contribution is 2.52. The van der Waals surface area contributed by atoms with E-state index in [0.29, 0.717) is 12.2 Å². The molecular formula is C26H27N3O4S. The molecule has 2 unspecified atom stereocenters. The maximum absolute atomic E-state index is 13.9. The molecule has 1 aliphatic carbocycles. The average molecular weight is 478 g/mol. The van der Waals surface area contributed by atoms with Gasteiger partial charge in [-0.1, -0.05) is 24.6 Å². The van der Waals surface area contributed by atoms with Crippen LogP contribution in [0.3, 0.4) is 0 Å². The summed E-state index contributed by atoms with van der Waals surface area (Å²) in [6.45, 7) is 4.28. The summed E-state index contributed by atoms with van der Waals surface area (Å²) in [6.07, 6.45) is 5.19. The highest BCUT2D eigenvalue weighted by atomic mass is 32.2. The second-order valence-electron chi connectivity index (χ2n) is 9.27. The molecule has 2 aromatic carbocycles. The lowest BCUT2D eigenvalue weighted by molar-refractivity contribution is -0.384. The fraction of sp³-hybridized carbons (Fsp3) is 0.385. The van der Waals surface area contributed by atoms with Crippen LogP contribution in [0.5, 0.6) is 0 Å². The molecule has 2 aromatic rings. The first kappa shape index (κ1) is 22.7. The number of thioether (sulfide) groups is 1. The van der Waals surface area contributed by atoms with E-state index < -0.39 is 4.92 Å². The molecule has 5 rings (SSSR count). The summed E-state index contributed by atoms with van der Waals surface area (Å²) in [5.41, 5.74) is 4.74.